The molecule has 0 spiro atoms. The molecule has 0 saturated carbocycles. The van der Waals surface area contributed by atoms with E-state index in [1.807, 2.05) is 0 Å². The Balaban J connectivity index is 3.59. The number of carbonyl (C=O) groups is 2. The van der Waals surface area contributed by atoms with Gasteiger partial charge in [0.25, 0.3) is 0 Å². The van der Waals surface area contributed by atoms with Crippen molar-refractivity contribution in [1.82, 2.24) is 5.32 Å². The van der Waals surface area contributed by atoms with Crippen LogP contribution in [0.5, 0.6) is 0 Å². The minimum atomic E-state index is -0.561. The molecule has 0 aliphatic carbocycles. The zero-order chi connectivity index (χ0) is 14.5. The Labute approximate surface area is 113 Å². The van der Waals surface area contributed by atoms with Crippen molar-refractivity contribution in [3.05, 3.63) is 0 Å². The summed E-state index contributed by atoms with van der Waals surface area (Å²) in [4.78, 5) is 22.1. The molecule has 0 atom stereocenters. The average Bonchev–Trinajstić information content (AvgIpc) is 2.42. The lowest BCUT2D eigenvalue weighted by Gasteiger charge is -2.13. The predicted octanol–water partition coefficient (Wildman–Crippen LogP) is 0.458. The van der Waals surface area contributed by atoms with E-state index in [-0.39, 0.29) is 12.2 Å². The van der Waals surface area contributed by atoms with Gasteiger partial charge in [-0.2, -0.15) is 0 Å². The monoisotopic (exact) mass is 271 g/mol. The highest BCUT2D eigenvalue weighted by Gasteiger charge is 2.05. The smallest absolute Gasteiger partial charge is 0.384 e. The number of carbonyl (C=O) groups excluding carboxylic acids is 2. The van der Waals surface area contributed by atoms with Gasteiger partial charge in [-0.3, -0.25) is 4.79 Å². The number of methoxy groups -OCH3 is 3. The third kappa shape index (κ3) is 10.1. The first-order chi connectivity index (χ1) is 9.13. The SMILES string of the molecule is COC(=O)C#CCCCC(=O)NCCC(OC)OC. The molecule has 0 heterocycles. The van der Waals surface area contributed by atoms with Crippen LogP contribution in [0, 0.1) is 11.8 Å². The lowest BCUT2D eigenvalue weighted by molar-refractivity contribution is -0.133. The van der Waals surface area contributed by atoms with Crippen molar-refractivity contribution in [3.8, 4) is 11.8 Å². The van der Waals surface area contributed by atoms with Crippen LogP contribution < -0.4 is 5.32 Å². The van der Waals surface area contributed by atoms with E-state index in [4.69, 9.17) is 9.47 Å². The van der Waals surface area contributed by atoms with Crippen molar-refractivity contribution in [1.29, 1.82) is 0 Å². The third-order valence-corrected chi connectivity index (χ3v) is 2.31. The zero-order valence-electron chi connectivity index (χ0n) is 11.7. The summed E-state index contributed by atoms with van der Waals surface area (Å²) in [5, 5.41) is 2.75. The normalized spacial score (nSPS) is 9.68. The van der Waals surface area contributed by atoms with Gasteiger partial charge >= 0.3 is 5.97 Å². The largest absolute Gasteiger partial charge is 0.459 e. The summed E-state index contributed by atoms with van der Waals surface area (Å²) < 4.78 is 14.3. The van der Waals surface area contributed by atoms with E-state index in [2.05, 4.69) is 21.9 Å². The third-order valence-electron chi connectivity index (χ3n) is 2.31. The highest BCUT2D eigenvalue weighted by molar-refractivity contribution is 5.88. The first-order valence-corrected chi connectivity index (χ1v) is 6.03. The maximum atomic E-state index is 11.4. The van der Waals surface area contributed by atoms with Crippen LogP contribution in [0.4, 0.5) is 0 Å². The van der Waals surface area contributed by atoms with Gasteiger partial charge in [-0.25, -0.2) is 4.79 Å². The van der Waals surface area contributed by atoms with Crippen LogP contribution in [-0.4, -0.2) is 46.0 Å². The van der Waals surface area contributed by atoms with Gasteiger partial charge in [0.15, 0.2) is 6.29 Å². The molecule has 0 aromatic heterocycles. The molecule has 6 heteroatoms. The van der Waals surface area contributed by atoms with E-state index in [9.17, 15) is 9.59 Å². The highest BCUT2D eigenvalue weighted by atomic mass is 16.7. The fourth-order valence-corrected chi connectivity index (χ4v) is 1.27. The van der Waals surface area contributed by atoms with Gasteiger partial charge < -0.3 is 19.5 Å². The Morgan fingerprint density at radius 1 is 1.21 bits per heavy atom. The lowest BCUT2D eigenvalue weighted by Crippen LogP contribution is -2.28. The van der Waals surface area contributed by atoms with Gasteiger partial charge in [0, 0.05) is 45.9 Å². The zero-order valence-corrected chi connectivity index (χ0v) is 11.7. The van der Waals surface area contributed by atoms with Crippen molar-refractivity contribution in [3.63, 3.8) is 0 Å². The fourth-order valence-electron chi connectivity index (χ4n) is 1.27. The molecular weight excluding hydrogens is 250 g/mol. The molecule has 0 aromatic carbocycles. The first kappa shape index (κ1) is 17.4. The van der Waals surface area contributed by atoms with E-state index < -0.39 is 5.97 Å². The second-order valence-corrected chi connectivity index (χ2v) is 3.69. The van der Waals surface area contributed by atoms with Crippen LogP contribution in [0.3, 0.4) is 0 Å². The molecule has 0 saturated heterocycles. The van der Waals surface area contributed by atoms with Crippen molar-refractivity contribution in [2.24, 2.45) is 0 Å². The topological polar surface area (TPSA) is 73.9 Å². The molecule has 19 heavy (non-hydrogen) atoms. The fraction of sp³-hybridized carbons (Fsp3) is 0.692. The second kappa shape index (κ2) is 11.5. The van der Waals surface area contributed by atoms with Gasteiger partial charge in [-0.15, -0.1) is 0 Å². The van der Waals surface area contributed by atoms with Crippen LogP contribution in [-0.2, 0) is 23.8 Å². The molecule has 0 rings (SSSR count). The molecule has 6 nitrogen and oxygen atoms in total. The van der Waals surface area contributed by atoms with E-state index >= 15 is 0 Å². The van der Waals surface area contributed by atoms with Crippen molar-refractivity contribution in [2.75, 3.05) is 27.9 Å². The lowest BCUT2D eigenvalue weighted by atomic mass is 10.2. The number of ether oxygens (including phenoxy) is 3. The molecule has 1 N–H and O–H groups in total. The molecule has 0 unspecified atom stereocenters. The highest BCUT2D eigenvalue weighted by Crippen LogP contribution is 1.97. The van der Waals surface area contributed by atoms with Gasteiger partial charge in [-0.05, 0) is 6.42 Å². The van der Waals surface area contributed by atoms with Gasteiger partial charge in [0.05, 0.1) is 7.11 Å². The Kier molecular flexibility index (Phi) is 10.6. The Morgan fingerprint density at radius 2 is 1.89 bits per heavy atom. The summed E-state index contributed by atoms with van der Waals surface area (Å²) in [6, 6.07) is 0. The van der Waals surface area contributed by atoms with E-state index in [1.54, 1.807) is 14.2 Å². The maximum absolute atomic E-state index is 11.4. The van der Waals surface area contributed by atoms with Crippen LogP contribution in [0.25, 0.3) is 0 Å². The number of unbranched alkanes of at least 4 members (excludes halogenated alkanes) is 1. The molecular formula is C13H21NO5. The second-order valence-electron chi connectivity index (χ2n) is 3.69. The maximum Gasteiger partial charge on any atom is 0.384 e. The quantitative estimate of drug-likeness (QED) is 0.228. The predicted molar refractivity (Wildman–Crippen MR) is 69.1 cm³/mol. The summed E-state index contributed by atoms with van der Waals surface area (Å²) in [7, 11) is 4.38. The molecule has 1 amide bonds. The van der Waals surface area contributed by atoms with E-state index in [1.165, 1.54) is 7.11 Å². The van der Waals surface area contributed by atoms with Gasteiger partial charge in [0.1, 0.15) is 0 Å². The van der Waals surface area contributed by atoms with Crippen molar-refractivity contribution in [2.45, 2.75) is 32.0 Å². The van der Waals surface area contributed by atoms with Gasteiger partial charge in [-0.1, -0.05) is 5.92 Å². The van der Waals surface area contributed by atoms with Crippen LogP contribution in [0.15, 0.2) is 0 Å². The minimum Gasteiger partial charge on any atom is -0.459 e. The van der Waals surface area contributed by atoms with E-state index in [0.717, 1.165) is 0 Å². The summed E-state index contributed by atoms with van der Waals surface area (Å²) in [6.45, 7) is 0.499. The number of hydrogen-bond donors (Lipinski definition) is 1. The number of rotatable bonds is 8. The molecule has 0 bridgehead atoms. The standard InChI is InChI=1S/C13H21NO5/c1-17-12(16)8-6-4-5-7-11(15)14-10-9-13(18-2)19-3/h13H,4-5,7,9-10H2,1-3H3,(H,14,15). The van der Waals surface area contributed by atoms with Crippen LogP contribution in [0.2, 0.25) is 0 Å². The summed E-state index contributed by atoms with van der Waals surface area (Å²) in [5.74, 6) is 4.33. The number of hydrogen-bond acceptors (Lipinski definition) is 5. The van der Waals surface area contributed by atoms with Crippen molar-refractivity contribution >= 4 is 11.9 Å². The van der Waals surface area contributed by atoms with Gasteiger partial charge in [0.2, 0.25) is 5.91 Å². The summed E-state index contributed by atoms with van der Waals surface area (Å²) >= 11 is 0. The van der Waals surface area contributed by atoms with Crippen LogP contribution >= 0.6 is 0 Å². The Bertz CT molecular complexity index is 328. The molecule has 0 aliphatic heterocycles. The Hall–Kier alpha value is -1.58. The van der Waals surface area contributed by atoms with Crippen molar-refractivity contribution < 1.29 is 23.8 Å². The average molecular weight is 271 g/mol. The summed E-state index contributed by atoms with van der Waals surface area (Å²) in [5.41, 5.74) is 0. The molecule has 0 radical (unpaired) electrons. The molecule has 0 aliphatic rings. The Morgan fingerprint density at radius 3 is 2.47 bits per heavy atom. The van der Waals surface area contributed by atoms with Crippen LogP contribution in [0.1, 0.15) is 25.7 Å². The minimum absolute atomic E-state index is 0.0502. The molecule has 0 aromatic rings. The number of amides is 1. The number of esters is 1. The molecule has 0 fully saturated rings. The molecule has 108 valence electrons. The summed E-state index contributed by atoms with van der Waals surface area (Å²) in [6.07, 6.45) is 1.77. The first-order valence-electron chi connectivity index (χ1n) is 6.03. The number of nitrogens with one attached hydrogen (secondary N) is 1. The van der Waals surface area contributed by atoms with E-state index in [0.29, 0.717) is 32.2 Å².